The minimum absolute atomic E-state index is 0.419. The van der Waals surface area contributed by atoms with Crippen molar-refractivity contribution in [1.29, 1.82) is 0 Å². The number of rotatable bonds is 6. The number of hydrogen-bond acceptors (Lipinski definition) is 3. The van der Waals surface area contributed by atoms with Gasteiger partial charge in [-0.2, -0.15) is 0 Å². The van der Waals surface area contributed by atoms with Gasteiger partial charge in [0.2, 0.25) is 0 Å². The first kappa shape index (κ1) is 13.5. The molecule has 0 fully saturated rings. The highest BCUT2D eigenvalue weighted by Crippen LogP contribution is 2.07. The van der Waals surface area contributed by atoms with Crippen LogP contribution in [0, 0.1) is 0 Å². The summed E-state index contributed by atoms with van der Waals surface area (Å²) in [6.07, 6.45) is 1.14. The van der Waals surface area contributed by atoms with Crippen molar-refractivity contribution in [3.63, 3.8) is 0 Å². The van der Waals surface area contributed by atoms with Gasteiger partial charge in [-0.3, -0.25) is 0 Å². The average molecular weight is 256 g/mol. The van der Waals surface area contributed by atoms with Crippen molar-refractivity contribution in [2.75, 3.05) is 0 Å². The van der Waals surface area contributed by atoms with E-state index in [1.165, 1.54) is 0 Å². The second-order valence-electron chi connectivity index (χ2n) is 3.59. The molecule has 1 heterocycles. The second-order valence-corrected chi connectivity index (χ2v) is 4.62. The molecule has 17 heavy (non-hydrogen) atoms. The van der Waals surface area contributed by atoms with Crippen LogP contribution in [0.2, 0.25) is 0 Å². The first-order chi connectivity index (χ1) is 8.13. The summed E-state index contributed by atoms with van der Waals surface area (Å²) in [5.74, 6) is -1.00. The Labute approximate surface area is 104 Å². The Hall–Kier alpha value is -1.56. The first-order valence-electron chi connectivity index (χ1n) is 5.43. The maximum atomic E-state index is 11.4. The highest BCUT2D eigenvalue weighted by molar-refractivity contribution is 7.09. The second kappa shape index (κ2) is 6.90. The molecule has 0 radical (unpaired) electrons. The SMILES string of the molecule is CCC[C@@H](NC(=O)NCc1cccs1)C(=O)O. The fraction of sp³-hybridized carbons (Fsp3) is 0.455. The van der Waals surface area contributed by atoms with Gasteiger partial charge >= 0.3 is 12.0 Å². The van der Waals surface area contributed by atoms with Crippen molar-refractivity contribution in [3.8, 4) is 0 Å². The Morgan fingerprint density at radius 3 is 2.82 bits per heavy atom. The van der Waals surface area contributed by atoms with E-state index < -0.39 is 18.0 Å². The highest BCUT2D eigenvalue weighted by Gasteiger charge is 2.18. The molecule has 0 saturated carbocycles. The number of urea groups is 1. The van der Waals surface area contributed by atoms with E-state index in [1.807, 2.05) is 24.4 Å². The molecule has 0 saturated heterocycles. The third kappa shape index (κ3) is 4.86. The lowest BCUT2D eigenvalue weighted by Crippen LogP contribution is -2.45. The van der Waals surface area contributed by atoms with Crippen LogP contribution in [0.3, 0.4) is 0 Å². The van der Waals surface area contributed by atoms with E-state index in [9.17, 15) is 9.59 Å². The third-order valence-corrected chi connectivity index (χ3v) is 3.06. The summed E-state index contributed by atoms with van der Waals surface area (Å²) in [4.78, 5) is 23.3. The predicted octanol–water partition coefficient (Wildman–Crippen LogP) is 1.80. The van der Waals surface area contributed by atoms with Crippen LogP contribution in [0.15, 0.2) is 17.5 Å². The molecule has 0 unspecified atom stereocenters. The lowest BCUT2D eigenvalue weighted by Gasteiger charge is -2.13. The molecule has 0 aliphatic carbocycles. The van der Waals surface area contributed by atoms with E-state index in [4.69, 9.17) is 5.11 Å². The van der Waals surface area contributed by atoms with E-state index in [0.29, 0.717) is 19.4 Å². The number of nitrogens with one attached hydrogen (secondary N) is 2. The monoisotopic (exact) mass is 256 g/mol. The van der Waals surface area contributed by atoms with Gasteiger partial charge in [0.15, 0.2) is 0 Å². The Morgan fingerprint density at radius 1 is 1.53 bits per heavy atom. The molecule has 3 N–H and O–H groups in total. The van der Waals surface area contributed by atoms with Crippen LogP contribution in [-0.2, 0) is 11.3 Å². The first-order valence-corrected chi connectivity index (χ1v) is 6.31. The van der Waals surface area contributed by atoms with Crippen LogP contribution in [0.1, 0.15) is 24.6 Å². The topological polar surface area (TPSA) is 78.4 Å². The Bertz CT molecular complexity index is 365. The van der Waals surface area contributed by atoms with Gasteiger partial charge in [0, 0.05) is 4.88 Å². The third-order valence-electron chi connectivity index (χ3n) is 2.18. The zero-order chi connectivity index (χ0) is 12.7. The number of carboxylic acid groups (broad SMARTS) is 1. The van der Waals surface area contributed by atoms with Crippen molar-refractivity contribution < 1.29 is 14.7 Å². The molecule has 1 rings (SSSR count). The van der Waals surface area contributed by atoms with Crippen molar-refractivity contribution in [2.45, 2.75) is 32.4 Å². The number of carbonyl (C=O) groups is 2. The molecule has 2 amide bonds. The minimum atomic E-state index is -1.00. The van der Waals surface area contributed by atoms with E-state index in [2.05, 4.69) is 10.6 Å². The average Bonchev–Trinajstić information content (AvgIpc) is 2.78. The quantitative estimate of drug-likeness (QED) is 0.726. The van der Waals surface area contributed by atoms with Gasteiger partial charge in [-0.1, -0.05) is 19.4 Å². The summed E-state index contributed by atoms with van der Waals surface area (Å²) in [7, 11) is 0. The zero-order valence-corrected chi connectivity index (χ0v) is 10.4. The van der Waals surface area contributed by atoms with Gasteiger partial charge in [-0.15, -0.1) is 11.3 Å². The molecule has 94 valence electrons. The molecular formula is C11H16N2O3S. The van der Waals surface area contributed by atoms with Crippen LogP contribution in [0.25, 0.3) is 0 Å². The maximum absolute atomic E-state index is 11.4. The fourth-order valence-corrected chi connectivity index (χ4v) is 1.98. The van der Waals surface area contributed by atoms with Gasteiger partial charge < -0.3 is 15.7 Å². The summed E-state index contributed by atoms with van der Waals surface area (Å²) >= 11 is 1.54. The number of amides is 2. The van der Waals surface area contributed by atoms with Gasteiger partial charge in [0.25, 0.3) is 0 Å². The molecule has 0 bridgehead atoms. The van der Waals surface area contributed by atoms with Crippen molar-refractivity contribution in [1.82, 2.24) is 10.6 Å². The smallest absolute Gasteiger partial charge is 0.326 e. The van der Waals surface area contributed by atoms with Crippen LogP contribution in [0.4, 0.5) is 4.79 Å². The molecule has 0 aliphatic heterocycles. The summed E-state index contributed by atoms with van der Waals surface area (Å²) in [5.41, 5.74) is 0. The normalized spacial score (nSPS) is 11.8. The number of carboxylic acids is 1. The van der Waals surface area contributed by atoms with Gasteiger partial charge in [0.1, 0.15) is 6.04 Å². The van der Waals surface area contributed by atoms with Crippen LogP contribution in [-0.4, -0.2) is 23.1 Å². The van der Waals surface area contributed by atoms with Crippen LogP contribution >= 0.6 is 11.3 Å². The van der Waals surface area contributed by atoms with Gasteiger partial charge in [-0.05, 0) is 17.9 Å². The maximum Gasteiger partial charge on any atom is 0.326 e. The number of hydrogen-bond donors (Lipinski definition) is 3. The number of aliphatic carboxylic acids is 1. The van der Waals surface area contributed by atoms with E-state index in [0.717, 1.165) is 4.88 Å². The minimum Gasteiger partial charge on any atom is -0.480 e. The van der Waals surface area contributed by atoms with Crippen LogP contribution in [0.5, 0.6) is 0 Å². The van der Waals surface area contributed by atoms with Crippen molar-refractivity contribution in [3.05, 3.63) is 22.4 Å². The Balaban J connectivity index is 2.34. The highest BCUT2D eigenvalue weighted by atomic mass is 32.1. The standard InChI is InChI=1S/C11H16N2O3S/c1-2-4-9(10(14)15)13-11(16)12-7-8-5-3-6-17-8/h3,5-6,9H,2,4,7H2,1H3,(H,14,15)(H2,12,13,16)/t9-/m1/s1. The molecule has 6 heteroatoms. The lowest BCUT2D eigenvalue weighted by molar-refractivity contribution is -0.139. The molecule has 0 aliphatic rings. The zero-order valence-electron chi connectivity index (χ0n) is 9.60. The lowest BCUT2D eigenvalue weighted by atomic mass is 10.2. The predicted molar refractivity (Wildman–Crippen MR) is 66.0 cm³/mol. The molecular weight excluding hydrogens is 240 g/mol. The Kier molecular flexibility index (Phi) is 5.48. The van der Waals surface area contributed by atoms with E-state index in [-0.39, 0.29) is 0 Å². The molecule has 1 aromatic rings. The Morgan fingerprint density at radius 2 is 2.29 bits per heavy atom. The largest absolute Gasteiger partial charge is 0.480 e. The summed E-state index contributed by atoms with van der Waals surface area (Å²) in [5, 5.41) is 15.8. The summed E-state index contributed by atoms with van der Waals surface area (Å²) in [6, 6.07) is 2.55. The van der Waals surface area contributed by atoms with E-state index >= 15 is 0 Å². The summed E-state index contributed by atoms with van der Waals surface area (Å²) < 4.78 is 0. The van der Waals surface area contributed by atoms with Crippen LogP contribution < -0.4 is 10.6 Å². The van der Waals surface area contributed by atoms with Crippen molar-refractivity contribution in [2.24, 2.45) is 0 Å². The number of carbonyl (C=O) groups excluding carboxylic acids is 1. The van der Waals surface area contributed by atoms with E-state index in [1.54, 1.807) is 11.3 Å². The molecule has 5 nitrogen and oxygen atoms in total. The fourth-order valence-electron chi connectivity index (χ4n) is 1.34. The molecule has 1 aromatic heterocycles. The molecule has 0 aromatic carbocycles. The molecule has 0 spiro atoms. The van der Waals surface area contributed by atoms with Gasteiger partial charge in [0.05, 0.1) is 6.54 Å². The van der Waals surface area contributed by atoms with Crippen molar-refractivity contribution >= 4 is 23.3 Å². The number of thiophene rings is 1. The summed E-state index contributed by atoms with van der Waals surface area (Å²) in [6.45, 7) is 2.29. The van der Waals surface area contributed by atoms with Gasteiger partial charge in [-0.25, -0.2) is 9.59 Å². The molecule has 1 atom stereocenters.